The summed E-state index contributed by atoms with van der Waals surface area (Å²) >= 11 is 0. The maximum atomic E-state index is 14.0. The van der Waals surface area contributed by atoms with Crippen molar-refractivity contribution >= 4 is 92.7 Å². The van der Waals surface area contributed by atoms with Crippen LogP contribution in [-0.4, -0.2) is 118 Å². The number of hydrogen-bond acceptors (Lipinski definition) is 15. The van der Waals surface area contributed by atoms with Crippen LogP contribution >= 0.6 is 0 Å². The fourth-order valence-electron chi connectivity index (χ4n) is 6.13. The van der Waals surface area contributed by atoms with Crippen molar-refractivity contribution < 1.29 is 38.7 Å². The molecule has 0 radical (unpaired) electrons. The molecule has 368 valence electrons. The molecule has 4 aromatic rings. The highest BCUT2D eigenvalue weighted by Gasteiger charge is 2.35. The molecule has 32 nitrogen and oxygen atoms in total. The minimum Gasteiger partial charge on any atom is -0.370 e. The monoisotopic (exact) mass is 968 g/mol. The number of aromatic nitrogens is 1. The Bertz CT molecular complexity index is 2790. The van der Waals surface area contributed by atoms with Gasteiger partial charge in [-0.25, -0.2) is 0 Å². The number of primary amides is 1. The molecule has 7 atom stereocenters. The van der Waals surface area contributed by atoms with Crippen molar-refractivity contribution in [2.45, 2.75) is 43.1 Å². The third-order valence-electron chi connectivity index (χ3n) is 9.23. The van der Waals surface area contributed by atoms with Crippen molar-refractivity contribution in [2.75, 3.05) is 0 Å². The maximum Gasteiger partial charge on any atom is 0.270 e. The zero-order valence-corrected chi connectivity index (χ0v) is 36.1. The second-order valence-electron chi connectivity index (χ2n) is 14.4. The minimum atomic E-state index is -2.23. The molecule has 0 saturated heterocycles. The summed E-state index contributed by atoms with van der Waals surface area (Å²) in [5.41, 5.74) is 32.2. The highest BCUT2D eigenvalue weighted by Crippen LogP contribution is 2.27. The van der Waals surface area contributed by atoms with Gasteiger partial charge in [-0.2, -0.15) is 5.26 Å². The third kappa shape index (κ3) is 14.1. The molecule has 0 spiro atoms. The quantitative estimate of drug-likeness (QED) is 0.0236. The van der Waals surface area contributed by atoms with Crippen LogP contribution in [0.2, 0.25) is 0 Å². The van der Waals surface area contributed by atoms with E-state index in [1.807, 2.05) is 56.9 Å². The van der Waals surface area contributed by atoms with Crippen LogP contribution < -0.4 is 92.9 Å². The average molecular weight is 969 g/mol. The summed E-state index contributed by atoms with van der Waals surface area (Å²) in [6.07, 6.45) is -10.9. The van der Waals surface area contributed by atoms with Crippen LogP contribution in [0.15, 0.2) is 72.9 Å². The largest absolute Gasteiger partial charge is 0.370 e. The van der Waals surface area contributed by atoms with Gasteiger partial charge < -0.3 is 98.0 Å². The number of carbonyl (C=O) groups excluding carboxylic acids is 7. The van der Waals surface area contributed by atoms with Crippen molar-refractivity contribution in [3.8, 4) is 6.07 Å². The van der Waals surface area contributed by atoms with Gasteiger partial charge in [0, 0.05) is 17.0 Å². The predicted octanol–water partition coefficient (Wildman–Crippen LogP) is -8.20. The number of benzene rings is 3. The Labute approximate surface area is 393 Å². The van der Waals surface area contributed by atoms with E-state index in [2.05, 4.69) is 31.9 Å². The highest BCUT2D eigenvalue weighted by molar-refractivity contribution is 6.04. The number of aliphatic hydroxyl groups excluding tert-OH is 1. The molecule has 0 fully saturated rings. The first-order chi connectivity index (χ1) is 33.0. The fraction of sp³-hybridized carbons (Fsp3) is 0.184. The lowest BCUT2D eigenvalue weighted by Crippen LogP contribution is -2.69. The molecule has 1 heterocycles. The summed E-state index contributed by atoms with van der Waals surface area (Å²) in [5.74, 6) is -13.5. The van der Waals surface area contributed by atoms with Crippen molar-refractivity contribution in [1.82, 2.24) is 63.1 Å². The number of nitrogens with one attached hydrogen (secondary N) is 16. The molecule has 0 aliphatic carbocycles. The van der Waals surface area contributed by atoms with Gasteiger partial charge in [0.2, 0.25) is 18.1 Å². The van der Waals surface area contributed by atoms with E-state index >= 15 is 0 Å². The summed E-state index contributed by atoms with van der Waals surface area (Å²) in [6, 6.07) is 18.4. The Morgan fingerprint density at radius 1 is 0.529 bits per heavy atom. The second-order valence-corrected chi connectivity index (χ2v) is 14.4. The number of rotatable bonds is 19. The number of guanidine groups is 4. The van der Waals surface area contributed by atoms with Crippen LogP contribution in [0.5, 0.6) is 0 Å². The first-order valence-corrected chi connectivity index (χ1v) is 19.8. The molecule has 32 heteroatoms. The first kappa shape index (κ1) is 52.3. The van der Waals surface area contributed by atoms with Crippen molar-refractivity contribution in [3.63, 3.8) is 0 Å². The van der Waals surface area contributed by atoms with Crippen LogP contribution in [0.3, 0.4) is 0 Å². The Kier molecular flexibility index (Phi) is 17.4. The van der Waals surface area contributed by atoms with Gasteiger partial charge >= 0.3 is 0 Å². The molecule has 1 aromatic heterocycles. The van der Waals surface area contributed by atoms with Gasteiger partial charge in [0.05, 0.1) is 0 Å². The molecule has 4 rings (SSSR count). The van der Waals surface area contributed by atoms with E-state index in [1.54, 1.807) is 18.2 Å². The highest BCUT2D eigenvalue weighted by atomic mass is 16.3. The number of aliphatic hydroxyl groups is 1. The minimum absolute atomic E-state index is 0.00871. The van der Waals surface area contributed by atoms with Gasteiger partial charge in [-0.3, -0.25) is 65.2 Å². The molecular formula is C38H48N24O8. The van der Waals surface area contributed by atoms with E-state index in [9.17, 15) is 43.9 Å². The molecule has 7 amide bonds. The number of fused-ring (bicyclic) bond motifs is 2. The van der Waals surface area contributed by atoms with E-state index in [0.717, 1.165) is 15.3 Å². The summed E-state index contributed by atoms with van der Waals surface area (Å²) in [7, 11) is 0. The van der Waals surface area contributed by atoms with E-state index in [0.29, 0.717) is 10.8 Å². The van der Waals surface area contributed by atoms with E-state index in [1.165, 1.54) is 30.5 Å². The molecule has 7 unspecified atom stereocenters. The van der Waals surface area contributed by atoms with Crippen LogP contribution in [0.4, 0.5) is 0 Å². The van der Waals surface area contributed by atoms with E-state index in [4.69, 9.17) is 61.4 Å². The van der Waals surface area contributed by atoms with Gasteiger partial charge in [0.1, 0.15) is 17.8 Å². The summed E-state index contributed by atoms with van der Waals surface area (Å²) < 4.78 is 1.11. The normalized spacial score (nSPS) is 13.6. The van der Waals surface area contributed by atoms with E-state index in [-0.39, 0.29) is 11.3 Å². The van der Waals surface area contributed by atoms with Crippen LogP contribution in [0, 0.1) is 38.4 Å². The Balaban J connectivity index is 1.54. The first-order valence-electron chi connectivity index (χ1n) is 19.8. The molecule has 3 aromatic carbocycles. The number of amides is 7. The molecule has 29 N–H and O–H groups in total. The standard InChI is InChI=1S/C38H48N24O8/c39-12-19-18-11-16-9-5-4-8-15(16)10-17(18)13-62(19)38(50)61-33(70)32(69)51-20(14-6-2-1-3-7-14)27(64)53-24(58-35(44)45)29(66)55-26(60-37(48)49)31(68)56-25(59-36(46)47)30(67)54-23(57-34(42)43)28(65)52-21(40)22(41)63/h1-11,13,20-21,23-26,33,70H,40H2,(H2,41,63)(H2,50,61)(H,51,69)(H,52,65)(H,53,64)(H,54,67)(H,55,66)(H,56,68)(H4,42,43,57)(H4,44,45,58)(H4,46,47,59)(H4,48,49,60). The average Bonchev–Trinajstić information content (AvgIpc) is 3.65. The lowest BCUT2D eigenvalue weighted by Gasteiger charge is -2.28. The number of carbonyl (C=O) groups is 7. The lowest BCUT2D eigenvalue weighted by atomic mass is 10.1. The molecular weight excluding hydrogens is 921 g/mol. The van der Waals surface area contributed by atoms with Crippen molar-refractivity contribution in [2.24, 2.45) is 34.4 Å². The molecule has 70 heavy (non-hydrogen) atoms. The number of nitriles is 1. The number of hydrogen-bond donors (Lipinski definition) is 23. The zero-order chi connectivity index (χ0) is 52.0. The van der Waals surface area contributed by atoms with Crippen molar-refractivity contribution in [1.29, 1.82) is 32.3 Å². The van der Waals surface area contributed by atoms with Crippen LogP contribution in [-0.2, 0) is 33.6 Å². The lowest BCUT2D eigenvalue weighted by molar-refractivity contribution is -0.137. The topological polar surface area (TPSA) is 576 Å². The molecule has 0 bridgehead atoms. The van der Waals surface area contributed by atoms with Gasteiger partial charge in [-0.05, 0) is 28.5 Å². The summed E-state index contributed by atoms with van der Waals surface area (Å²) in [4.78, 5) is 92.2. The maximum absolute atomic E-state index is 14.0. The van der Waals surface area contributed by atoms with Crippen LogP contribution in [0.25, 0.3) is 21.5 Å². The second kappa shape index (κ2) is 23.2. The predicted molar refractivity (Wildman–Crippen MR) is 247 cm³/mol. The Hall–Kier alpha value is -10.3. The summed E-state index contributed by atoms with van der Waals surface area (Å²) in [5, 5.41) is 85.9. The third-order valence-corrected chi connectivity index (χ3v) is 9.23. The number of nitrogens with zero attached hydrogens (tertiary/aromatic N) is 2. The number of nitrogens with two attached hydrogens (primary N) is 6. The Morgan fingerprint density at radius 2 is 0.943 bits per heavy atom. The van der Waals surface area contributed by atoms with Gasteiger partial charge in [-0.15, -0.1) is 0 Å². The summed E-state index contributed by atoms with van der Waals surface area (Å²) in [6.45, 7) is 0. The SMILES string of the molecule is N#Cc1c2cc3ccccc3cc2cn1C(=N)NC(O)C(=O)NC(C(=O)NC(NC(=N)N)C(=O)NC(NC(=N)N)C(=O)NC(NC(=N)N)C(=O)NC(NC(=N)N)C(=O)NC(N)C(N)=O)c1ccccc1. The van der Waals surface area contributed by atoms with Gasteiger partial charge in [-0.1, -0.05) is 54.6 Å². The van der Waals surface area contributed by atoms with Crippen molar-refractivity contribution in [3.05, 3.63) is 84.2 Å². The van der Waals surface area contributed by atoms with Gasteiger partial charge in [0.25, 0.3) is 35.4 Å². The smallest absolute Gasteiger partial charge is 0.270 e. The molecule has 0 aliphatic heterocycles. The molecule has 0 aliphatic rings. The van der Waals surface area contributed by atoms with Crippen LogP contribution in [0.1, 0.15) is 17.3 Å². The fourth-order valence-corrected chi connectivity index (χ4v) is 6.13. The Morgan fingerprint density at radius 3 is 1.37 bits per heavy atom. The zero-order valence-electron chi connectivity index (χ0n) is 36.1. The van der Waals surface area contributed by atoms with Gasteiger partial charge in [0.15, 0.2) is 54.7 Å². The van der Waals surface area contributed by atoms with E-state index < -0.39 is 114 Å². The molecule has 0 saturated carbocycles.